The molecule has 7 nitrogen and oxygen atoms in total. The zero-order valence-electron chi connectivity index (χ0n) is 16.9. The fraction of sp³-hybridized carbons (Fsp3) is 0.182. The van der Waals surface area contributed by atoms with Gasteiger partial charge in [0.15, 0.2) is 0 Å². The van der Waals surface area contributed by atoms with Crippen molar-refractivity contribution in [3.63, 3.8) is 0 Å². The minimum absolute atomic E-state index is 0.0123. The van der Waals surface area contributed by atoms with Gasteiger partial charge in [-0.05, 0) is 42.5 Å². The molecule has 0 saturated heterocycles. The van der Waals surface area contributed by atoms with Crippen LogP contribution in [-0.2, 0) is 11.3 Å². The molecule has 0 spiro atoms. The Morgan fingerprint density at radius 3 is 2.61 bits per heavy atom. The molecule has 3 rings (SSSR count). The van der Waals surface area contributed by atoms with E-state index in [9.17, 15) is 9.59 Å². The second-order valence-corrected chi connectivity index (χ2v) is 7.38. The number of furan rings is 1. The van der Waals surface area contributed by atoms with Crippen molar-refractivity contribution in [3.05, 3.63) is 69.9 Å². The first-order valence-corrected chi connectivity index (χ1v) is 10.1. The van der Waals surface area contributed by atoms with Gasteiger partial charge in [0, 0.05) is 23.7 Å². The molecule has 1 heterocycles. The molecule has 0 radical (unpaired) electrons. The molecule has 2 aromatic carbocycles. The number of hydrogen-bond donors (Lipinski definition) is 3. The van der Waals surface area contributed by atoms with E-state index in [2.05, 4.69) is 16.0 Å². The molecule has 0 atom stereocenters. The molecule has 0 aliphatic carbocycles. The summed E-state index contributed by atoms with van der Waals surface area (Å²) in [5, 5.41) is 9.36. The number of amides is 2. The highest BCUT2D eigenvalue weighted by Crippen LogP contribution is 2.31. The van der Waals surface area contributed by atoms with Gasteiger partial charge < -0.3 is 25.1 Å². The van der Waals surface area contributed by atoms with Crippen LogP contribution in [0.5, 0.6) is 5.75 Å². The van der Waals surface area contributed by atoms with Crippen LogP contribution >= 0.6 is 23.2 Å². The lowest BCUT2D eigenvalue weighted by Gasteiger charge is -2.12. The second-order valence-electron chi connectivity index (χ2n) is 6.53. The number of rotatable bonds is 8. The van der Waals surface area contributed by atoms with E-state index in [4.69, 9.17) is 32.4 Å². The third kappa shape index (κ3) is 5.79. The first kappa shape index (κ1) is 22.7. The zero-order chi connectivity index (χ0) is 22.4. The van der Waals surface area contributed by atoms with Crippen molar-refractivity contribution in [2.75, 3.05) is 26.0 Å². The van der Waals surface area contributed by atoms with Crippen molar-refractivity contribution in [1.29, 1.82) is 0 Å². The standard InChI is InChI=1S/C22H21Cl2N3O4/c1-25-22(29)16-6-4-14(30-2)10-19(16)27-21(28)12-26-11-15-5-8-20(31-15)17-9-13(23)3-7-18(17)24/h3-10,26H,11-12H2,1-2H3,(H,25,29)(H,27,28). The summed E-state index contributed by atoms with van der Waals surface area (Å²) >= 11 is 12.2. The van der Waals surface area contributed by atoms with E-state index < -0.39 is 0 Å². The van der Waals surface area contributed by atoms with Crippen LogP contribution in [0.15, 0.2) is 52.9 Å². The van der Waals surface area contributed by atoms with E-state index in [0.29, 0.717) is 50.7 Å². The molecular formula is C22H21Cl2N3O4. The van der Waals surface area contributed by atoms with Gasteiger partial charge in [-0.15, -0.1) is 0 Å². The molecule has 0 unspecified atom stereocenters. The van der Waals surface area contributed by atoms with E-state index in [0.717, 1.165) is 0 Å². The van der Waals surface area contributed by atoms with Crippen molar-refractivity contribution >= 4 is 40.7 Å². The van der Waals surface area contributed by atoms with Gasteiger partial charge >= 0.3 is 0 Å². The van der Waals surface area contributed by atoms with Crippen molar-refractivity contribution < 1.29 is 18.7 Å². The summed E-state index contributed by atoms with van der Waals surface area (Å²) in [7, 11) is 3.03. The molecular weight excluding hydrogens is 441 g/mol. The molecule has 31 heavy (non-hydrogen) atoms. The Morgan fingerprint density at radius 1 is 1.06 bits per heavy atom. The van der Waals surface area contributed by atoms with Crippen LogP contribution in [0.3, 0.4) is 0 Å². The Balaban J connectivity index is 1.60. The summed E-state index contributed by atoms with van der Waals surface area (Å²) in [6.45, 7) is 0.338. The maximum Gasteiger partial charge on any atom is 0.253 e. The highest BCUT2D eigenvalue weighted by molar-refractivity contribution is 6.35. The molecule has 2 amide bonds. The van der Waals surface area contributed by atoms with Gasteiger partial charge in [-0.3, -0.25) is 9.59 Å². The highest BCUT2D eigenvalue weighted by Gasteiger charge is 2.14. The van der Waals surface area contributed by atoms with Crippen LogP contribution in [0.1, 0.15) is 16.1 Å². The minimum atomic E-state index is -0.317. The van der Waals surface area contributed by atoms with E-state index in [1.54, 1.807) is 48.5 Å². The molecule has 162 valence electrons. The predicted molar refractivity (Wildman–Crippen MR) is 121 cm³/mol. The average molecular weight is 462 g/mol. The zero-order valence-corrected chi connectivity index (χ0v) is 18.4. The molecule has 0 fully saturated rings. The Hall–Kier alpha value is -3.00. The number of methoxy groups -OCH3 is 1. The number of carbonyl (C=O) groups excluding carboxylic acids is 2. The first-order chi connectivity index (χ1) is 14.9. The Bertz CT molecular complexity index is 1100. The van der Waals surface area contributed by atoms with Gasteiger partial charge in [0.2, 0.25) is 5.91 Å². The molecule has 9 heteroatoms. The number of halogens is 2. The summed E-state index contributed by atoms with van der Waals surface area (Å²) in [6, 6.07) is 13.6. The highest BCUT2D eigenvalue weighted by atomic mass is 35.5. The Labute approximate surface area is 189 Å². The SMILES string of the molecule is CNC(=O)c1ccc(OC)cc1NC(=O)CNCc1ccc(-c2cc(Cl)ccc2Cl)o1. The van der Waals surface area contributed by atoms with Crippen molar-refractivity contribution in [2.45, 2.75) is 6.54 Å². The monoisotopic (exact) mass is 461 g/mol. The van der Waals surface area contributed by atoms with Gasteiger partial charge in [-0.1, -0.05) is 23.2 Å². The third-order valence-electron chi connectivity index (χ3n) is 4.41. The largest absolute Gasteiger partial charge is 0.497 e. The maximum atomic E-state index is 12.4. The van der Waals surface area contributed by atoms with Crippen molar-refractivity contribution in [3.8, 4) is 17.1 Å². The normalized spacial score (nSPS) is 10.6. The predicted octanol–water partition coefficient (Wildman–Crippen LogP) is 4.35. The van der Waals surface area contributed by atoms with Gasteiger partial charge in [0.05, 0.1) is 36.5 Å². The summed E-state index contributed by atoms with van der Waals surface area (Å²) in [5.41, 5.74) is 1.39. The average Bonchev–Trinajstić information content (AvgIpc) is 3.23. The maximum absolute atomic E-state index is 12.4. The lowest BCUT2D eigenvalue weighted by atomic mass is 10.1. The van der Waals surface area contributed by atoms with Crippen molar-refractivity contribution in [1.82, 2.24) is 10.6 Å². The van der Waals surface area contributed by atoms with Gasteiger partial charge in [-0.25, -0.2) is 0 Å². The van der Waals surface area contributed by atoms with Gasteiger partial charge in [0.1, 0.15) is 17.3 Å². The number of nitrogens with one attached hydrogen (secondary N) is 3. The number of hydrogen-bond acceptors (Lipinski definition) is 5. The summed E-state index contributed by atoms with van der Waals surface area (Å²) < 4.78 is 11.0. The number of carbonyl (C=O) groups is 2. The summed E-state index contributed by atoms with van der Waals surface area (Å²) in [6.07, 6.45) is 0. The van der Waals surface area contributed by atoms with Crippen LogP contribution in [0, 0.1) is 0 Å². The molecule has 0 bridgehead atoms. The lowest BCUT2D eigenvalue weighted by Crippen LogP contribution is -2.29. The topological polar surface area (TPSA) is 92.6 Å². The van der Waals surface area contributed by atoms with Crippen molar-refractivity contribution in [2.24, 2.45) is 0 Å². The number of benzene rings is 2. The smallest absolute Gasteiger partial charge is 0.253 e. The van der Waals surface area contributed by atoms with E-state index in [-0.39, 0.29) is 18.4 Å². The number of anilines is 1. The van der Waals surface area contributed by atoms with Gasteiger partial charge in [0.25, 0.3) is 5.91 Å². The van der Waals surface area contributed by atoms with E-state index >= 15 is 0 Å². The fourth-order valence-corrected chi connectivity index (χ4v) is 3.27. The molecule has 0 saturated carbocycles. The van der Waals surface area contributed by atoms with E-state index in [1.165, 1.54) is 14.2 Å². The van der Waals surface area contributed by atoms with Crippen LogP contribution in [-0.4, -0.2) is 32.5 Å². The van der Waals surface area contributed by atoms with Crippen LogP contribution in [0.25, 0.3) is 11.3 Å². The van der Waals surface area contributed by atoms with Crippen LogP contribution in [0.2, 0.25) is 10.0 Å². The fourth-order valence-electron chi connectivity index (χ4n) is 2.88. The second kappa shape index (κ2) is 10.3. The Kier molecular flexibility index (Phi) is 7.57. The number of ether oxygens (including phenoxy) is 1. The molecule has 0 aliphatic rings. The minimum Gasteiger partial charge on any atom is -0.497 e. The molecule has 3 N–H and O–H groups in total. The first-order valence-electron chi connectivity index (χ1n) is 9.36. The molecule has 3 aromatic rings. The van der Waals surface area contributed by atoms with Gasteiger partial charge in [-0.2, -0.15) is 0 Å². The molecule has 1 aromatic heterocycles. The van der Waals surface area contributed by atoms with Crippen LogP contribution in [0.4, 0.5) is 5.69 Å². The summed E-state index contributed by atoms with van der Waals surface area (Å²) in [5.74, 6) is 1.11. The third-order valence-corrected chi connectivity index (χ3v) is 4.98. The molecule has 0 aliphatic heterocycles. The lowest BCUT2D eigenvalue weighted by molar-refractivity contribution is -0.115. The summed E-state index contributed by atoms with van der Waals surface area (Å²) in [4.78, 5) is 24.4. The van der Waals surface area contributed by atoms with E-state index in [1.807, 2.05) is 0 Å². The Morgan fingerprint density at radius 2 is 1.87 bits per heavy atom. The quantitative estimate of drug-likeness (QED) is 0.463. The van der Waals surface area contributed by atoms with Crippen LogP contribution < -0.4 is 20.7 Å².